The van der Waals surface area contributed by atoms with E-state index >= 15 is 0 Å². The van der Waals surface area contributed by atoms with E-state index in [-0.39, 0.29) is 11.6 Å². The van der Waals surface area contributed by atoms with Crippen LogP contribution in [-0.2, 0) is 0 Å². The fourth-order valence-electron chi connectivity index (χ4n) is 2.90. The number of carbonyl (C=O) groups is 1. The zero-order chi connectivity index (χ0) is 20.3. The molecule has 0 fully saturated rings. The third kappa shape index (κ3) is 3.93. The van der Waals surface area contributed by atoms with Gasteiger partial charge in [-0.2, -0.15) is 5.10 Å². The average molecular weight is 378 g/mol. The summed E-state index contributed by atoms with van der Waals surface area (Å²) in [6.45, 7) is 6.52. The number of benzene rings is 2. The highest BCUT2D eigenvalue weighted by Gasteiger charge is 2.19. The highest BCUT2D eigenvalue weighted by Crippen LogP contribution is 2.25. The van der Waals surface area contributed by atoms with E-state index in [0.717, 1.165) is 23.2 Å². The summed E-state index contributed by atoms with van der Waals surface area (Å²) < 4.78 is 1.64. The monoisotopic (exact) mass is 378 g/mol. The van der Waals surface area contributed by atoms with Crippen LogP contribution in [0.3, 0.4) is 0 Å². The van der Waals surface area contributed by atoms with Gasteiger partial charge in [0.2, 0.25) is 0 Å². The lowest BCUT2D eigenvalue weighted by atomic mass is 10.1. The number of nitrogens with zero attached hydrogens (tertiary/aromatic N) is 3. The Morgan fingerprint density at radius 2 is 1.86 bits per heavy atom. The van der Waals surface area contributed by atoms with Crippen LogP contribution in [0.1, 0.15) is 35.0 Å². The molecule has 7 nitrogen and oxygen atoms in total. The Morgan fingerprint density at radius 3 is 2.50 bits per heavy atom. The van der Waals surface area contributed by atoms with Crippen LogP contribution in [0.25, 0.3) is 16.9 Å². The molecule has 1 aromatic heterocycles. The van der Waals surface area contributed by atoms with Crippen LogP contribution in [0, 0.1) is 24.0 Å². The van der Waals surface area contributed by atoms with E-state index in [1.807, 2.05) is 39.0 Å². The summed E-state index contributed by atoms with van der Waals surface area (Å²) in [5.74, 6) is -0.205. The number of amides is 1. The van der Waals surface area contributed by atoms with Crippen molar-refractivity contribution in [1.82, 2.24) is 15.1 Å². The van der Waals surface area contributed by atoms with Crippen LogP contribution < -0.4 is 5.32 Å². The molecule has 3 aromatic rings. The Bertz CT molecular complexity index is 1020. The van der Waals surface area contributed by atoms with Gasteiger partial charge in [-0.05, 0) is 55.7 Å². The summed E-state index contributed by atoms with van der Waals surface area (Å²) in [6.07, 6.45) is 0.832. The lowest BCUT2D eigenvalue weighted by Crippen LogP contribution is -2.26. The zero-order valence-electron chi connectivity index (χ0n) is 16.1. The van der Waals surface area contributed by atoms with Crippen molar-refractivity contribution in [2.24, 2.45) is 0 Å². The number of nitro groups is 1. The molecule has 7 heteroatoms. The van der Waals surface area contributed by atoms with E-state index in [0.29, 0.717) is 23.5 Å². The molecule has 0 radical (unpaired) electrons. The highest BCUT2D eigenvalue weighted by molar-refractivity contribution is 5.94. The fourth-order valence-corrected chi connectivity index (χ4v) is 2.90. The molecule has 2 aromatic carbocycles. The first-order chi connectivity index (χ1) is 13.4. The Kier molecular flexibility index (Phi) is 5.54. The van der Waals surface area contributed by atoms with Crippen LogP contribution in [0.5, 0.6) is 0 Å². The van der Waals surface area contributed by atoms with Crippen molar-refractivity contribution in [2.45, 2.75) is 27.2 Å². The molecule has 1 heterocycles. The third-order valence-electron chi connectivity index (χ3n) is 4.44. The summed E-state index contributed by atoms with van der Waals surface area (Å²) in [5, 5.41) is 18.4. The quantitative estimate of drug-likeness (QED) is 0.514. The average Bonchev–Trinajstić information content (AvgIpc) is 3.13. The number of nitro benzene ring substituents is 1. The molecule has 0 spiro atoms. The van der Waals surface area contributed by atoms with Gasteiger partial charge in [0.25, 0.3) is 11.6 Å². The largest absolute Gasteiger partial charge is 0.351 e. The van der Waals surface area contributed by atoms with Crippen molar-refractivity contribution < 1.29 is 9.72 Å². The Hall–Kier alpha value is -3.48. The lowest BCUT2D eigenvalue weighted by Gasteiger charge is -2.11. The van der Waals surface area contributed by atoms with E-state index in [1.165, 1.54) is 12.1 Å². The maximum Gasteiger partial charge on any atom is 0.270 e. The zero-order valence-corrected chi connectivity index (χ0v) is 16.1. The second kappa shape index (κ2) is 8.04. The number of non-ortho nitro benzene ring substituents is 1. The summed E-state index contributed by atoms with van der Waals surface area (Å²) in [7, 11) is 0. The van der Waals surface area contributed by atoms with E-state index in [1.54, 1.807) is 22.9 Å². The first-order valence-corrected chi connectivity index (χ1v) is 9.11. The molecule has 3 rings (SSSR count). The maximum atomic E-state index is 12.7. The fraction of sp³-hybridized carbons (Fsp3) is 0.238. The van der Waals surface area contributed by atoms with E-state index in [4.69, 9.17) is 0 Å². The second-order valence-corrected chi connectivity index (χ2v) is 6.68. The van der Waals surface area contributed by atoms with E-state index in [2.05, 4.69) is 10.4 Å². The number of rotatable bonds is 6. The smallest absolute Gasteiger partial charge is 0.270 e. The second-order valence-electron chi connectivity index (χ2n) is 6.68. The molecule has 0 bridgehead atoms. The SMILES string of the molecule is CCCNC(=O)c1cc(-c2ccc([N+](=O)[O-])cc2)nn1-c1cc(C)ccc1C. The van der Waals surface area contributed by atoms with Crippen molar-refractivity contribution in [3.05, 3.63) is 75.5 Å². The number of aryl methyl sites for hydroxylation is 2. The highest BCUT2D eigenvalue weighted by atomic mass is 16.6. The molecule has 0 saturated carbocycles. The Morgan fingerprint density at radius 1 is 1.14 bits per heavy atom. The first-order valence-electron chi connectivity index (χ1n) is 9.11. The van der Waals surface area contributed by atoms with Crippen LogP contribution in [0.2, 0.25) is 0 Å². The van der Waals surface area contributed by atoms with Gasteiger partial charge in [-0.25, -0.2) is 4.68 Å². The van der Waals surface area contributed by atoms with Gasteiger partial charge in [-0.3, -0.25) is 14.9 Å². The van der Waals surface area contributed by atoms with Crippen molar-refractivity contribution >= 4 is 11.6 Å². The van der Waals surface area contributed by atoms with Gasteiger partial charge < -0.3 is 5.32 Å². The molecular formula is C21H22N4O3. The summed E-state index contributed by atoms with van der Waals surface area (Å²) in [6, 6.07) is 13.9. The lowest BCUT2D eigenvalue weighted by molar-refractivity contribution is -0.384. The molecule has 144 valence electrons. The summed E-state index contributed by atoms with van der Waals surface area (Å²) >= 11 is 0. The van der Waals surface area contributed by atoms with Gasteiger partial charge in [0.15, 0.2) is 0 Å². The van der Waals surface area contributed by atoms with Gasteiger partial charge in [0.1, 0.15) is 5.69 Å². The van der Waals surface area contributed by atoms with Gasteiger partial charge in [-0.15, -0.1) is 0 Å². The predicted octanol–water partition coefficient (Wildman–Crippen LogP) is 4.20. The number of hydrogen-bond acceptors (Lipinski definition) is 4. The number of nitrogens with one attached hydrogen (secondary N) is 1. The molecule has 0 aliphatic heterocycles. The van der Waals surface area contributed by atoms with E-state index < -0.39 is 4.92 Å². The van der Waals surface area contributed by atoms with Gasteiger partial charge in [0, 0.05) is 24.2 Å². The van der Waals surface area contributed by atoms with Crippen molar-refractivity contribution in [2.75, 3.05) is 6.54 Å². The molecule has 0 aliphatic rings. The minimum atomic E-state index is -0.442. The first kappa shape index (κ1) is 19.3. The van der Waals surface area contributed by atoms with Crippen LogP contribution in [0.15, 0.2) is 48.5 Å². The predicted molar refractivity (Wildman–Crippen MR) is 108 cm³/mol. The number of hydrogen-bond donors (Lipinski definition) is 1. The summed E-state index contributed by atoms with van der Waals surface area (Å²) in [5.41, 5.74) is 4.61. The van der Waals surface area contributed by atoms with Crippen LogP contribution >= 0.6 is 0 Å². The van der Waals surface area contributed by atoms with Crippen molar-refractivity contribution in [3.63, 3.8) is 0 Å². The standard InChI is InChI=1S/C21H22N4O3/c1-4-11-22-21(26)20-13-18(16-7-9-17(10-8-16)25(27)28)23-24(20)19-12-14(2)5-6-15(19)3/h5-10,12-13H,4,11H2,1-3H3,(H,22,26). The molecule has 0 unspecified atom stereocenters. The minimum absolute atomic E-state index is 0.0126. The normalized spacial score (nSPS) is 10.7. The maximum absolute atomic E-state index is 12.7. The molecule has 0 aliphatic carbocycles. The summed E-state index contributed by atoms with van der Waals surface area (Å²) in [4.78, 5) is 23.2. The molecule has 1 N–H and O–H groups in total. The van der Waals surface area contributed by atoms with Gasteiger partial charge in [0.05, 0.1) is 16.3 Å². The number of aromatic nitrogens is 2. The van der Waals surface area contributed by atoms with E-state index in [9.17, 15) is 14.9 Å². The third-order valence-corrected chi connectivity index (χ3v) is 4.44. The van der Waals surface area contributed by atoms with Crippen molar-refractivity contribution in [1.29, 1.82) is 0 Å². The van der Waals surface area contributed by atoms with Gasteiger partial charge in [-0.1, -0.05) is 19.1 Å². The topological polar surface area (TPSA) is 90.1 Å². The molecule has 1 amide bonds. The molecule has 0 saturated heterocycles. The molecule has 0 atom stereocenters. The van der Waals surface area contributed by atoms with Crippen LogP contribution in [0.4, 0.5) is 5.69 Å². The molecule has 28 heavy (non-hydrogen) atoms. The Balaban J connectivity index is 2.10. The van der Waals surface area contributed by atoms with Crippen LogP contribution in [-0.4, -0.2) is 27.2 Å². The van der Waals surface area contributed by atoms with Crippen molar-refractivity contribution in [3.8, 4) is 16.9 Å². The number of carbonyl (C=O) groups excluding carboxylic acids is 1. The Labute approximate surface area is 163 Å². The minimum Gasteiger partial charge on any atom is -0.351 e. The molecular weight excluding hydrogens is 356 g/mol. The van der Waals surface area contributed by atoms with Gasteiger partial charge >= 0.3 is 0 Å².